The predicted molar refractivity (Wildman–Crippen MR) is 109 cm³/mol. The lowest BCUT2D eigenvalue weighted by Crippen LogP contribution is -2.13. The Balaban J connectivity index is 1.58. The first-order valence-corrected chi connectivity index (χ1v) is 9.10. The van der Waals surface area contributed by atoms with Crippen molar-refractivity contribution < 1.29 is 4.79 Å². The van der Waals surface area contributed by atoms with Crippen LogP contribution in [-0.2, 0) is 6.54 Å². The number of rotatable bonds is 4. The number of imidazole rings is 1. The number of aryl methyl sites for hydroxylation is 2. The zero-order valence-corrected chi connectivity index (χ0v) is 16.1. The van der Waals surface area contributed by atoms with Crippen LogP contribution in [0.15, 0.2) is 47.3 Å². The summed E-state index contributed by atoms with van der Waals surface area (Å²) in [6, 6.07) is 13.2. The van der Waals surface area contributed by atoms with Crippen LogP contribution in [0.1, 0.15) is 27.2 Å². The molecule has 0 spiro atoms. The van der Waals surface area contributed by atoms with Crippen molar-refractivity contribution in [1.29, 1.82) is 0 Å². The third-order valence-corrected chi connectivity index (χ3v) is 4.90. The topological polar surface area (TPSA) is 95.6 Å². The molecule has 8 heteroatoms. The van der Waals surface area contributed by atoms with Gasteiger partial charge < -0.3 is 15.3 Å². The summed E-state index contributed by atoms with van der Waals surface area (Å²) in [5, 5.41) is 7.51. The van der Waals surface area contributed by atoms with Crippen LogP contribution in [0.25, 0.3) is 11.0 Å². The molecule has 0 aliphatic heterocycles. The van der Waals surface area contributed by atoms with Crippen LogP contribution >= 0.6 is 11.6 Å². The van der Waals surface area contributed by atoms with Crippen LogP contribution in [0.5, 0.6) is 0 Å². The summed E-state index contributed by atoms with van der Waals surface area (Å²) >= 11 is 6.46. The van der Waals surface area contributed by atoms with Gasteiger partial charge in [-0.3, -0.25) is 4.79 Å². The number of hydrogen-bond acceptors (Lipinski definition) is 3. The zero-order chi connectivity index (χ0) is 19.8. The van der Waals surface area contributed by atoms with Crippen molar-refractivity contribution in [3.8, 4) is 0 Å². The van der Waals surface area contributed by atoms with E-state index in [1.165, 1.54) is 5.56 Å². The molecule has 3 N–H and O–H groups in total. The summed E-state index contributed by atoms with van der Waals surface area (Å²) in [5.41, 5.74) is 4.63. The SMILES string of the molecule is Cc1ccc(Cn2nc(C)c(C(=O)Nc3ccc4[nH]c(=O)[nH]c4c3)c2Cl)cc1. The molecule has 28 heavy (non-hydrogen) atoms. The van der Waals surface area contributed by atoms with Crippen molar-refractivity contribution in [2.45, 2.75) is 20.4 Å². The van der Waals surface area contributed by atoms with Gasteiger partial charge in [0.25, 0.3) is 5.91 Å². The minimum Gasteiger partial charge on any atom is -0.322 e. The van der Waals surface area contributed by atoms with Gasteiger partial charge >= 0.3 is 5.69 Å². The molecule has 4 rings (SSSR count). The standard InChI is InChI=1S/C20H18ClN5O2/c1-11-3-5-13(6-4-11)10-26-18(21)17(12(2)25-26)19(27)22-14-7-8-15-16(9-14)24-20(28)23-15/h3-9H,10H2,1-2H3,(H,22,27)(H2,23,24,28). The molecule has 0 aliphatic carbocycles. The van der Waals surface area contributed by atoms with Gasteiger partial charge in [0.15, 0.2) is 0 Å². The quantitative estimate of drug-likeness (QED) is 0.492. The number of hydrogen-bond donors (Lipinski definition) is 3. The van der Waals surface area contributed by atoms with Crippen LogP contribution in [-0.4, -0.2) is 25.7 Å². The van der Waals surface area contributed by atoms with Crippen LogP contribution in [0.3, 0.4) is 0 Å². The van der Waals surface area contributed by atoms with E-state index in [0.717, 1.165) is 5.56 Å². The van der Waals surface area contributed by atoms with E-state index < -0.39 is 0 Å². The highest BCUT2D eigenvalue weighted by atomic mass is 35.5. The number of nitrogens with one attached hydrogen (secondary N) is 3. The molecule has 1 amide bonds. The van der Waals surface area contributed by atoms with Gasteiger partial charge in [0, 0.05) is 5.69 Å². The number of aromatic amines is 2. The summed E-state index contributed by atoms with van der Waals surface area (Å²) in [5.74, 6) is -0.352. The molecule has 0 aliphatic rings. The highest BCUT2D eigenvalue weighted by Crippen LogP contribution is 2.23. The number of halogens is 1. The van der Waals surface area contributed by atoms with E-state index in [9.17, 15) is 9.59 Å². The summed E-state index contributed by atoms with van der Waals surface area (Å²) in [7, 11) is 0. The van der Waals surface area contributed by atoms with Crippen LogP contribution in [0.2, 0.25) is 5.15 Å². The van der Waals surface area contributed by atoms with Crippen molar-refractivity contribution in [3.05, 3.63) is 80.5 Å². The second kappa shape index (κ2) is 7.01. The van der Waals surface area contributed by atoms with Crippen LogP contribution in [0.4, 0.5) is 5.69 Å². The molecule has 142 valence electrons. The summed E-state index contributed by atoms with van der Waals surface area (Å²) in [4.78, 5) is 29.5. The van der Waals surface area contributed by atoms with Crippen LogP contribution in [0, 0.1) is 13.8 Å². The Morgan fingerprint density at radius 1 is 1.11 bits per heavy atom. The maximum atomic E-state index is 12.8. The molecule has 2 aromatic carbocycles. The number of benzene rings is 2. The smallest absolute Gasteiger partial charge is 0.322 e. The fraction of sp³-hybridized carbons (Fsp3) is 0.150. The fourth-order valence-corrected chi connectivity index (χ4v) is 3.41. The zero-order valence-electron chi connectivity index (χ0n) is 15.3. The average Bonchev–Trinajstić information content (AvgIpc) is 3.15. The summed E-state index contributed by atoms with van der Waals surface area (Å²) in [6.07, 6.45) is 0. The van der Waals surface area contributed by atoms with E-state index in [-0.39, 0.29) is 16.8 Å². The van der Waals surface area contributed by atoms with E-state index in [4.69, 9.17) is 11.6 Å². The first-order chi connectivity index (χ1) is 13.4. The van der Waals surface area contributed by atoms with Crippen molar-refractivity contribution >= 4 is 34.2 Å². The highest BCUT2D eigenvalue weighted by Gasteiger charge is 2.20. The van der Waals surface area contributed by atoms with E-state index in [1.807, 2.05) is 31.2 Å². The van der Waals surface area contributed by atoms with E-state index >= 15 is 0 Å². The van der Waals surface area contributed by atoms with Gasteiger partial charge in [0.2, 0.25) is 0 Å². The Bertz CT molecular complexity index is 1230. The maximum absolute atomic E-state index is 12.8. The van der Waals surface area contributed by atoms with Gasteiger partial charge in [0.05, 0.1) is 28.8 Å². The molecule has 0 saturated carbocycles. The Morgan fingerprint density at radius 2 is 1.82 bits per heavy atom. The monoisotopic (exact) mass is 395 g/mol. The Labute approximate surface area is 165 Å². The first-order valence-electron chi connectivity index (χ1n) is 8.72. The number of amides is 1. The number of carbonyl (C=O) groups is 1. The molecule has 0 bridgehead atoms. The van der Waals surface area contributed by atoms with Crippen molar-refractivity contribution in [3.63, 3.8) is 0 Å². The Morgan fingerprint density at radius 3 is 2.57 bits per heavy atom. The van der Waals surface area contributed by atoms with Crippen molar-refractivity contribution in [2.75, 3.05) is 5.32 Å². The minimum absolute atomic E-state index is 0.284. The van der Waals surface area contributed by atoms with Gasteiger partial charge in [-0.25, -0.2) is 9.48 Å². The molecule has 0 atom stereocenters. The molecule has 2 heterocycles. The van der Waals surface area contributed by atoms with E-state index in [0.29, 0.717) is 34.5 Å². The lowest BCUT2D eigenvalue weighted by Gasteiger charge is -2.06. The minimum atomic E-state index is -0.352. The molecular formula is C20H18ClN5O2. The summed E-state index contributed by atoms with van der Waals surface area (Å²) < 4.78 is 1.61. The number of anilines is 1. The molecule has 7 nitrogen and oxygen atoms in total. The fourth-order valence-electron chi connectivity index (χ4n) is 3.09. The van der Waals surface area contributed by atoms with E-state index in [1.54, 1.807) is 29.8 Å². The maximum Gasteiger partial charge on any atom is 0.323 e. The van der Waals surface area contributed by atoms with Crippen molar-refractivity contribution in [2.24, 2.45) is 0 Å². The number of nitrogens with zero attached hydrogens (tertiary/aromatic N) is 2. The van der Waals surface area contributed by atoms with Gasteiger partial charge in [-0.05, 0) is 37.6 Å². The molecular weight excluding hydrogens is 378 g/mol. The van der Waals surface area contributed by atoms with Gasteiger partial charge in [-0.2, -0.15) is 5.10 Å². The third-order valence-electron chi connectivity index (χ3n) is 4.52. The number of aromatic nitrogens is 4. The third kappa shape index (κ3) is 3.44. The molecule has 0 fully saturated rings. The predicted octanol–water partition coefficient (Wildman–Crippen LogP) is 3.62. The van der Waals surface area contributed by atoms with Crippen LogP contribution < -0.4 is 11.0 Å². The van der Waals surface area contributed by atoms with E-state index in [2.05, 4.69) is 20.4 Å². The van der Waals surface area contributed by atoms with Crippen molar-refractivity contribution in [1.82, 2.24) is 19.7 Å². The second-order valence-electron chi connectivity index (χ2n) is 6.69. The molecule has 0 radical (unpaired) electrons. The lowest BCUT2D eigenvalue weighted by molar-refractivity contribution is 0.102. The first kappa shape index (κ1) is 18.1. The Kier molecular flexibility index (Phi) is 4.52. The average molecular weight is 396 g/mol. The Hall–Kier alpha value is -3.32. The molecule has 0 unspecified atom stereocenters. The molecule has 4 aromatic rings. The normalized spacial score (nSPS) is 11.1. The lowest BCUT2D eigenvalue weighted by atomic mass is 10.1. The summed E-state index contributed by atoms with van der Waals surface area (Å²) in [6.45, 7) is 4.25. The largest absolute Gasteiger partial charge is 0.323 e. The van der Waals surface area contributed by atoms with Gasteiger partial charge in [-0.1, -0.05) is 41.4 Å². The number of fused-ring (bicyclic) bond motifs is 1. The van der Waals surface area contributed by atoms with Gasteiger partial charge in [-0.15, -0.1) is 0 Å². The number of H-pyrrole nitrogens is 2. The second-order valence-corrected chi connectivity index (χ2v) is 7.05. The number of carbonyl (C=O) groups excluding carboxylic acids is 1. The highest BCUT2D eigenvalue weighted by molar-refractivity contribution is 6.33. The molecule has 0 saturated heterocycles. The van der Waals surface area contributed by atoms with Gasteiger partial charge in [0.1, 0.15) is 5.15 Å². The molecule has 2 aromatic heterocycles.